The predicted molar refractivity (Wildman–Crippen MR) is 52.3 cm³/mol. The first-order valence-electron chi connectivity index (χ1n) is 5.28. The highest BCUT2D eigenvalue weighted by Crippen LogP contribution is 2.47. The van der Waals surface area contributed by atoms with Crippen LogP contribution in [-0.4, -0.2) is 12.7 Å². The molecule has 0 radical (unpaired) electrons. The second-order valence-corrected chi connectivity index (χ2v) is 4.61. The molecule has 0 aliphatic heterocycles. The number of unbranched alkanes of at least 4 members (excludes halogenated alkanes) is 3. The maximum atomic E-state index is 5.71. The Bertz CT molecular complexity index is 129. The van der Waals surface area contributed by atoms with Gasteiger partial charge in [0.2, 0.25) is 0 Å². The Morgan fingerprint density at radius 2 is 1.92 bits per heavy atom. The zero-order valence-corrected chi connectivity index (χ0v) is 8.73. The van der Waals surface area contributed by atoms with Gasteiger partial charge in [-0.2, -0.15) is 0 Å². The van der Waals surface area contributed by atoms with Crippen molar-refractivity contribution < 1.29 is 4.74 Å². The van der Waals surface area contributed by atoms with Gasteiger partial charge in [0.15, 0.2) is 0 Å². The molecule has 72 valence electrons. The largest absolute Gasteiger partial charge is 0.378 e. The molecule has 1 aliphatic carbocycles. The molecule has 0 unspecified atom stereocenters. The Kier molecular flexibility index (Phi) is 3.57. The van der Waals surface area contributed by atoms with Crippen LogP contribution >= 0.6 is 0 Å². The summed E-state index contributed by atoms with van der Waals surface area (Å²) in [5.74, 6) is 0. The molecular weight excluding hydrogens is 148 g/mol. The van der Waals surface area contributed by atoms with Crippen LogP contribution < -0.4 is 0 Å². The molecule has 0 N–H and O–H groups in total. The summed E-state index contributed by atoms with van der Waals surface area (Å²) < 4.78 is 5.71. The molecule has 12 heavy (non-hydrogen) atoms. The van der Waals surface area contributed by atoms with Gasteiger partial charge in [-0.1, -0.05) is 40.0 Å². The minimum absolute atomic E-state index is 0.491. The fourth-order valence-corrected chi connectivity index (χ4v) is 1.46. The molecule has 1 nitrogen and oxygen atoms in total. The molecule has 0 bridgehead atoms. The summed E-state index contributed by atoms with van der Waals surface area (Å²) in [5.41, 5.74) is 0.491. The van der Waals surface area contributed by atoms with Gasteiger partial charge in [-0.25, -0.2) is 0 Å². The van der Waals surface area contributed by atoms with Gasteiger partial charge < -0.3 is 4.74 Å². The average Bonchev–Trinajstić information content (AvgIpc) is 2.59. The SMILES string of the molecule is CCCCCCO[C@@H]1CC1(C)C. The van der Waals surface area contributed by atoms with E-state index >= 15 is 0 Å². The Morgan fingerprint density at radius 1 is 1.25 bits per heavy atom. The monoisotopic (exact) mass is 170 g/mol. The summed E-state index contributed by atoms with van der Waals surface area (Å²) in [6.45, 7) is 7.78. The number of ether oxygens (including phenoxy) is 1. The zero-order valence-electron chi connectivity index (χ0n) is 8.73. The van der Waals surface area contributed by atoms with E-state index in [4.69, 9.17) is 4.74 Å². The third kappa shape index (κ3) is 3.14. The smallest absolute Gasteiger partial charge is 0.0633 e. The lowest BCUT2D eigenvalue weighted by molar-refractivity contribution is 0.0929. The Labute approximate surface area is 76.5 Å². The summed E-state index contributed by atoms with van der Waals surface area (Å²) in [4.78, 5) is 0. The summed E-state index contributed by atoms with van der Waals surface area (Å²) in [6.07, 6.45) is 7.09. The molecule has 1 atom stereocenters. The Hall–Kier alpha value is -0.0400. The normalized spacial score (nSPS) is 25.8. The second kappa shape index (κ2) is 4.27. The van der Waals surface area contributed by atoms with Crippen molar-refractivity contribution in [3.8, 4) is 0 Å². The van der Waals surface area contributed by atoms with Crippen LogP contribution in [0.25, 0.3) is 0 Å². The van der Waals surface area contributed by atoms with Gasteiger partial charge in [0.25, 0.3) is 0 Å². The molecule has 1 fully saturated rings. The fraction of sp³-hybridized carbons (Fsp3) is 1.00. The molecule has 0 aromatic rings. The number of hydrogen-bond acceptors (Lipinski definition) is 1. The van der Waals surface area contributed by atoms with Crippen LogP contribution in [0.4, 0.5) is 0 Å². The lowest BCUT2D eigenvalue weighted by Gasteiger charge is -2.04. The number of hydrogen-bond donors (Lipinski definition) is 0. The van der Waals surface area contributed by atoms with E-state index in [9.17, 15) is 0 Å². The molecular formula is C11H22O. The van der Waals surface area contributed by atoms with Crippen LogP contribution in [0.1, 0.15) is 52.9 Å². The molecule has 0 spiro atoms. The minimum atomic E-state index is 0.491. The van der Waals surface area contributed by atoms with Crippen LogP contribution in [0.5, 0.6) is 0 Å². The van der Waals surface area contributed by atoms with Crippen LogP contribution in [-0.2, 0) is 4.74 Å². The number of rotatable bonds is 6. The first kappa shape index (κ1) is 10.0. The first-order chi connectivity index (χ1) is 5.67. The van der Waals surface area contributed by atoms with E-state index in [0.29, 0.717) is 11.5 Å². The van der Waals surface area contributed by atoms with E-state index < -0.39 is 0 Å². The molecule has 1 aliphatic rings. The van der Waals surface area contributed by atoms with E-state index in [1.54, 1.807) is 0 Å². The quantitative estimate of drug-likeness (QED) is 0.555. The van der Waals surface area contributed by atoms with Gasteiger partial charge in [0.1, 0.15) is 0 Å². The van der Waals surface area contributed by atoms with Crippen LogP contribution in [0.15, 0.2) is 0 Å². The van der Waals surface area contributed by atoms with Crippen LogP contribution in [0.3, 0.4) is 0 Å². The van der Waals surface area contributed by atoms with Crippen molar-refractivity contribution in [2.75, 3.05) is 6.61 Å². The summed E-state index contributed by atoms with van der Waals surface area (Å²) >= 11 is 0. The van der Waals surface area contributed by atoms with Gasteiger partial charge >= 0.3 is 0 Å². The minimum Gasteiger partial charge on any atom is -0.378 e. The molecule has 1 saturated carbocycles. The average molecular weight is 170 g/mol. The molecule has 1 rings (SSSR count). The van der Waals surface area contributed by atoms with E-state index in [0.717, 1.165) is 6.61 Å². The van der Waals surface area contributed by atoms with E-state index in [1.807, 2.05) is 0 Å². The summed E-state index contributed by atoms with van der Waals surface area (Å²) in [5, 5.41) is 0. The van der Waals surface area contributed by atoms with Crippen LogP contribution in [0.2, 0.25) is 0 Å². The van der Waals surface area contributed by atoms with Crippen molar-refractivity contribution in [2.24, 2.45) is 5.41 Å². The maximum Gasteiger partial charge on any atom is 0.0633 e. The van der Waals surface area contributed by atoms with E-state index in [2.05, 4.69) is 20.8 Å². The van der Waals surface area contributed by atoms with Crippen LogP contribution in [0, 0.1) is 5.41 Å². The third-order valence-corrected chi connectivity index (χ3v) is 2.74. The van der Waals surface area contributed by atoms with Crippen molar-refractivity contribution >= 4 is 0 Å². The molecule has 0 saturated heterocycles. The molecule has 0 amide bonds. The predicted octanol–water partition coefficient (Wildman–Crippen LogP) is 3.38. The summed E-state index contributed by atoms with van der Waals surface area (Å²) in [7, 11) is 0. The molecule has 0 heterocycles. The Balaban J connectivity index is 1.85. The van der Waals surface area contributed by atoms with Gasteiger partial charge in [-0.15, -0.1) is 0 Å². The lowest BCUT2D eigenvalue weighted by Crippen LogP contribution is -2.03. The first-order valence-corrected chi connectivity index (χ1v) is 5.28. The second-order valence-electron chi connectivity index (χ2n) is 4.61. The molecule has 1 heteroatoms. The van der Waals surface area contributed by atoms with Gasteiger partial charge in [0.05, 0.1) is 6.10 Å². The van der Waals surface area contributed by atoms with Crippen molar-refractivity contribution in [3.05, 3.63) is 0 Å². The topological polar surface area (TPSA) is 9.23 Å². The van der Waals surface area contributed by atoms with Gasteiger partial charge in [0, 0.05) is 6.61 Å². The van der Waals surface area contributed by atoms with Crippen molar-refractivity contribution in [1.29, 1.82) is 0 Å². The van der Waals surface area contributed by atoms with Crippen molar-refractivity contribution in [3.63, 3.8) is 0 Å². The highest BCUT2D eigenvalue weighted by Gasteiger charge is 2.46. The lowest BCUT2D eigenvalue weighted by atomic mass is 10.2. The van der Waals surface area contributed by atoms with Gasteiger partial charge in [-0.3, -0.25) is 0 Å². The van der Waals surface area contributed by atoms with E-state index in [1.165, 1.54) is 32.1 Å². The fourth-order valence-electron chi connectivity index (χ4n) is 1.46. The highest BCUT2D eigenvalue weighted by molar-refractivity contribution is 4.96. The van der Waals surface area contributed by atoms with Gasteiger partial charge in [-0.05, 0) is 18.3 Å². The standard InChI is InChI=1S/C11H22O/c1-4-5-6-7-8-12-10-9-11(10,2)3/h10H,4-9H2,1-3H3/t10-/m1/s1. The maximum absolute atomic E-state index is 5.71. The van der Waals surface area contributed by atoms with Crippen molar-refractivity contribution in [1.82, 2.24) is 0 Å². The molecule has 0 aromatic carbocycles. The zero-order chi connectivity index (χ0) is 9.03. The highest BCUT2D eigenvalue weighted by atomic mass is 16.5. The Morgan fingerprint density at radius 3 is 2.42 bits per heavy atom. The van der Waals surface area contributed by atoms with Crippen molar-refractivity contribution in [2.45, 2.75) is 59.0 Å². The van der Waals surface area contributed by atoms with E-state index in [-0.39, 0.29) is 0 Å². The third-order valence-electron chi connectivity index (χ3n) is 2.74. The summed E-state index contributed by atoms with van der Waals surface area (Å²) in [6, 6.07) is 0. The molecule has 0 aromatic heterocycles.